The van der Waals surface area contributed by atoms with Crippen LogP contribution >= 0.6 is 27.7 Å². The van der Waals surface area contributed by atoms with E-state index in [0.29, 0.717) is 16.5 Å². The molecule has 1 aromatic carbocycles. The van der Waals surface area contributed by atoms with Crippen LogP contribution in [0.15, 0.2) is 40.1 Å². The lowest BCUT2D eigenvalue weighted by molar-refractivity contribution is 0.281. The van der Waals surface area contributed by atoms with Gasteiger partial charge < -0.3 is 10.4 Å². The third-order valence-corrected chi connectivity index (χ3v) is 3.58. The summed E-state index contributed by atoms with van der Waals surface area (Å²) in [6.07, 6.45) is 3.55. The van der Waals surface area contributed by atoms with Gasteiger partial charge in [0.25, 0.3) is 0 Å². The highest BCUT2D eigenvalue weighted by molar-refractivity contribution is 9.10. The Balaban J connectivity index is 2.35. The van der Waals surface area contributed by atoms with Gasteiger partial charge in [0.1, 0.15) is 5.82 Å². The first-order valence-electron chi connectivity index (χ1n) is 5.27. The minimum Gasteiger partial charge on any atom is -0.391 e. The first kappa shape index (κ1) is 13.3. The van der Waals surface area contributed by atoms with Gasteiger partial charge in [-0.15, -0.1) is 0 Å². The summed E-state index contributed by atoms with van der Waals surface area (Å²) in [6.45, 7) is -0.0958. The minimum absolute atomic E-state index is 0.0958. The van der Waals surface area contributed by atoms with E-state index in [-0.39, 0.29) is 6.61 Å². The molecular weight excluding hydrogens is 314 g/mol. The number of aliphatic hydroxyl groups is 1. The van der Waals surface area contributed by atoms with E-state index in [1.807, 2.05) is 30.5 Å². The second kappa shape index (κ2) is 6.17. The van der Waals surface area contributed by atoms with E-state index in [2.05, 4.69) is 31.2 Å². The van der Waals surface area contributed by atoms with Gasteiger partial charge >= 0.3 is 0 Å². The number of rotatable bonds is 4. The van der Waals surface area contributed by atoms with Crippen LogP contribution in [0.2, 0.25) is 0 Å². The summed E-state index contributed by atoms with van der Waals surface area (Å²) in [6, 6.07) is 7.75. The monoisotopic (exact) mass is 325 g/mol. The van der Waals surface area contributed by atoms with Crippen molar-refractivity contribution < 1.29 is 5.11 Å². The molecule has 2 aromatic rings. The lowest BCUT2D eigenvalue weighted by Gasteiger charge is -2.11. The molecule has 2 rings (SSSR count). The highest BCUT2D eigenvalue weighted by Crippen LogP contribution is 2.26. The number of para-hydroxylation sites is 1. The number of aromatic nitrogens is 2. The summed E-state index contributed by atoms with van der Waals surface area (Å²) in [5.41, 5.74) is 1.57. The molecule has 1 aromatic heterocycles. The van der Waals surface area contributed by atoms with Crippen molar-refractivity contribution in [2.45, 2.75) is 11.8 Å². The van der Waals surface area contributed by atoms with Crippen LogP contribution in [-0.4, -0.2) is 21.3 Å². The number of anilines is 2. The van der Waals surface area contributed by atoms with E-state index >= 15 is 0 Å². The van der Waals surface area contributed by atoms with E-state index in [9.17, 15) is 5.11 Å². The molecule has 1 heterocycles. The molecule has 0 fully saturated rings. The molecule has 0 saturated heterocycles. The molecule has 0 unspecified atom stereocenters. The molecule has 4 nitrogen and oxygen atoms in total. The summed E-state index contributed by atoms with van der Waals surface area (Å²) in [5, 5.41) is 13.2. The Morgan fingerprint density at radius 1 is 1.39 bits per heavy atom. The highest BCUT2D eigenvalue weighted by atomic mass is 79.9. The van der Waals surface area contributed by atoms with Crippen molar-refractivity contribution in [2.75, 3.05) is 11.6 Å². The number of hydrogen-bond acceptors (Lipinski definition) is 5. The van der Waals surface area contributed by atoms with Gasteiger partial charge in [-0.3, -0.25) is 0 Å². The number of halogens is 1. The van der Waals surface area contributed by atoms with Crippen LogP contribution < -0.4 is 5.32 Å². The predicted molar refractivity (Wildman–Crippen MR) is 77.2 cm³/mol. The number of nitrogens with zero attached hydrogens (tertiary/aromatic N) is 2. The Morgan fingerprint density at radius 3 is 2.83 bits per heavy atom. The standard InChI is InChI=1S/C12H12BrN3OS/c1-18-12-14-6-8(7-17)11(16-12)15-10-5-3-2-4-9(10)13/h2-6,17H,7H2,1H3,(H,14,15,16). The molecule has 0 atom stereocenters. The Bertz CT molecular complexity index is 551. The van der Waals surface area contributed by atoms with Crippen LogP contribution in [0.1, 0.15) is 5.56 Å². The summed E-state index contributed by atoms with van der Waals surface area (Å²) in [5.74, 6) is 0.628. The molecule has 6 heteroatoms. The lowest BCUT2D eigenvalue weighted by Crippen LogP contribution is -2.02. The largest absolute Gasteiger partial charge is 0.391 e. The van der Waals surface area contributed by atoms with Crippen LogP contribution in [0, 0.1) is 0 Å². The second-order valence-corrected chi connectivity index (χ2v) is 5.12. The molecule has 0 spiro atoms. The molecule has 0 aliphatic carbocycles. The maximum absolute atomic E-state index is 9.29. The predicted octanol–water partition coefficient (Wildman–Crippen LogP) is 3.20. The molecule has 18 heavy (non-hydrogen) atoms. The third-order valence-electron chi connectivity index (χ3n) is 2.32. The van der Waals surface area contributed by atoms with Gasteiger partial charge in [0, 0.05) is 16.2 Å². The lowest BCUT2D eigenvalue weighted by atomic mass is 10.3. The second-order valence-electron chi connectivity index (χ2n) is 3.49. The van der Waals surface area contributed by atoms with Crippen LogP contribution in [0.25, 0.3) is 0 Å². The number of benzene rings is 1. The van der Waals surface area contributed by atoms with Crippen molar-refractivity contribution in [3.8, 4) is 0 Å². The van der Waals surface area contributed by atoms with Gasteiger partial charge in [0.05, 0.1) is 12.3 Å². The summed E-state index contributed by atoms with van der Waals surface area (Å²) in [7, 11) is 0. The SMILES string of the molecule is CSc1ncc(CO)c(Nc2ccccc2Br)n1. The Kier molecular flexibility index (Phi) is 4.57. The Morgan fingerprint density at radius 2 is 2.17 bits per heavy atom. The average Bonchev–Trinajstić information content (AvgIpc) is 2.41. The zero-order valence-electron chi connectivity index (χ0n) is 9.72. The first-order valence-corrected chi connectivity index (χ1v) is 7.28. The number of aliphatic hydroxyl groups excluding tert-OH is 1. The first-order chi connectivity index (χ1) is 8.74. The van der Waals surface area contributed by atoms with Crippen molar-refractivity contribution in [1.29, 1.82) is 0 Å². The molecular formula is C12H12BrN3OS. The van der Waals surface area contributed by atoms with E-state index in [4.69, 9.17) is 0 Å². The fraction of sp³-hybridized carbons (Fsp3) is 0.167. The van der Waals surface area contributed by atoms with Crippen molar-refractivity contribution in [3.05, 3.63) is 40.5 Å². The van der Waals surface area contributed by atoms with E-state index in [0.717, 1.165) is 10.2 Å². The van der Waals surface area contributed by atoms with E-state index in [1.165, 1.54) is 11.8 Å². The quantitative estimate of drug-likeness (QED) is 0.667. The zero-order valence-corrected chi connectivity index (χ0v) is 12.1. The summed E-state index contributed by atoms with van der Waals surface area (Å²) >= 11 is 4.92. The average molecular weight is 326 g/mol. The Labute approximate surface area is 118 Å². The fourth-order valence-corrected chi connectivity index (χ4v) is 2.13. The molecule has 0 amide bonds. The minimum atomic E-state index is -0.0958. The maximum Gasteiger partial charge on any atom is 0.189 e. The number of nitrogens with one attached hydrogen (secondary N) is 1. The molecule has 0 bridgehead atoms. The number of thioether (sulfide) groups is 1. The molecule has 0 saturated carbocycles. The number of hydrogen-bond donors (Lipinski definition) is 2. The molecule has 94 valence electrons. The topological polar surface area (TPSA) is 58.0 Å². The molecule has 2 N–H and O–H groups in total. The molecule has 0 aliphatic heterocycles. The van der Waals surface area contributed by atoms with Gasteiger partial charge in [-0.2, -0.15) is 0 Å². The highest BCUT2D eigenvalue weighted by Gasteiger charge is 2.08. The van der Waals surface area contributed by atoms with Crippen LogP contribution in [0.5, 0.6) is 0 Å². The van der Waals surface area contributed by atoms with Gasteiger partial charge in [-0.25, -0.2) is 9.97 Å². The normalized spacial score (nSPS) is 10.4. The van der Waals surface area contributed by atoms with Crippen molar-refractivity contribution in [2.24, 2.45) is 0 Å². The van der Waals surface area contributed by atoms with Crippen LogP contribution in [-0.2, 0) is 6.61 Å². The van der Waals surface area contributed by atoms with Gasteiger partial charge in [-0.1, -0.05) is 23.9 Å². The van der Waals surface area contributed by atoms with Gasteiger partial charge in [0.2, 0.25) is 0 Å². The van der Waals surface area contributed by atoms with E-state index < -0.39 is 0 Å². The van der Waals surface area contributed by atoms with Gasteiger partial charge in [-0.05, 0) is 34.3 Å². The van der Waals surface area contributed by atoms with Crippen LogP contribution in [0.4, 0.5) is 11.5 Å². The smallest absolute Gasteiger partial charge is 0.189 e. The van der Waals surface area contributed by atoms with Crippen molar-refractivity contribution in [1.82, 2.24) is 9.97 Å². The van der Waals surface area contributed by atoms with Crippen molar-refractivity contribution >= 4 is 39.2 Å². The summed E-state index contributed by atoms with van der Waals surface area (Å²) < 4.78 is 0.943. The van der Waals surface area contributed by atoms with Crippen molar-refractivity contribution in [3.63, 3.8) is 0 Å². The molecule has 0 aliphatic rings. The van der Waals surface area contributed by atoms with Crippen LogP contribution in [0.3, 0.4) is 0 Å². The Hall–Kier alpha value is -1.11. The molecule has 0 radical (unpaired) electrons. The summed E-state index contributed by atoms with van der Waals surface area (Å²) in [4.78, 5) is 8.49. The zero-order chi connectivity index (χ0) is 13.0. The van der Waals surface area contributed by atoms with E-state index in [1.54, 1.807) is 6.20 Å². The fourth-order valence-electron chi connectivity index (χ4n) is 1.40. The maximum atomic E-state index is 9.29. The third kappa shape index (κ3) is 3.01. The van der Waals surface area contributed by atoms with Gasteiger partial charge in [0.15, 0.2) is 5.16 Å².